The highest BCUT2D eigenvalue weighted by Gasteiger charge is 2.63. The third-order valence-corrected chi connectivity index (χ3v) is 10.1. The van der Waals surface area contributed by atoms with Gasteiger partial charge in [0.05, 0.1) is 18.6 Å². The number of phenols is 1. The molecule has 0 unspecified atom stereocenters. The zero-order chi connectivity index (χ0) is 30.3. The van der Waals surface area contributed by atoms with Crippen molar-refractivity contribution in [1.29, 1.82) is 0 Å². The van der Waals surface area contributed by atoms with Gasteiger partial charge in [0.1, 0.15) is 29.5 Å². The van der Waals surface area contributed by atoms with E-state index in [0.717, 1.165) is 16.5 Å². The van der Waals surface area contributed by atoms with Crippen LogP contribution >= 0.6 is 15.9 Å². The molecule has 0 amide bonds. The van der Waals surface area contributed by atoms with Crippen LogP contribution in [0.2, 0.25) is 0 Å². The molecule has 1 aliphatic carbocycles. The Kier molecular flexibility index (Phi) is 9.41. The number of methoxy groups -OCH3 is 1. The third-order valence-electron chi connectivity index (χ3n) is 9.34. The van der Waals surface area contributed by atoms with Crippen molar-refractivity contribution in [3.05, 3.63) is 40.4 Å². The van der Waals surface area contributed by atoms with Crippen LogP contribution in [0.15, 0.2) is 34.8 Å². The van der Waals surface area contributed by atoms with E-state index in [1.165, 1.54) is 0 Å². The average Bonchev–Trinajstić information content (AvgIpc) is 3.22. The van der Waals surface area contributed by atoms with Crippen molar-refractivity contribution in [2.45, 2.75) is 97.2 Å². The Bertz CT molecular complexity index is 1190. The molecule has 0 bridgehead atoms. The first-order valence-corrected chi connectivity index (χ1v) is 15.3. The number of carbonyl (C=O) groups excluding carboxylic acids is 3. The lowest BCUT2D eigenvalue weighted by Crippen LogP contribution is -2.65. The number of Topliss-reactive ketones (excluding diaryl/α,β-unsaturated/α-hetero) is 1. The first kappa shape index (κ1) is 31.7. The van der Waals surface area contributed by atoms with Gasteiger partial charge < -0.3 is 24.1 Å². The van der Waals surface area contributed by atoms with Crippen LogP contribution in [0.3, 0.4) is 0 Å². The Morgan fingerprint density at radius 2 is 1.90 bits per heavy atom. The van der Waals surface area contributed by atoms with Crippen LogP contribution in [0.4, 0.5) is 0 Å². The summed E-state index contributed by atoms with van der Waals surface area (Å²) in [6, 6.07) is 5.13. The van der Waals surface area contributed by atoms with Crippen LogP contribution in [-0.2, 0) is 33.3 Å². The van der Waals surface area contributed by atoms with Gasteiger partial charge in [-0.15, -0.1) is 0 Å². The predicted molar refractivity (Wildman–Crippen MR) is 156 cm³/mol. The number of carbonyl (C=O) groups is 3. The summed E-state index contributed by atoms with van der Waals surface area (Å²) in [5, 5.41) is 10.0. The van der Waals surface area contributed by atoms with Crippen LogP contribution in [0.25, 0.3) is 0 Å². The van der Waals surface area contributed by atoms with Crippen molar-refractivity contribution in [2.24, 2.45) is 29.1 Å². The maximum atomic E-state index is 13.8. The van der Waals surface area contributed by atoms with Crippen molar-refractivity contribution in [2.75, 3.05) is 7.11 Å². The molecule has 2 heterocycles. The van der Waals surface area contributed by atoms with E-state index in [4.69, 9.17) is 18.9 Å². The van der Waals surface area contributed by atoms with Gasteiger partial charge in [-0.3, -0.25) is 14.4 Å². The number of halogens is 1. The zero-order valence-electron chi connectivity index (χ0n) is 25.0. The first-order chi connectivity index (χ1) is 19.2. The van der Waals surface area contributed by atoms with Crippen molar-refractivity contribution >= 4 is 33.7 Å². The number of rotatable bonds is 8. The van der Waals surface area contributed by atoms with Gasteiger partial charge in [-0.1, -0.05) is 62.7 Å². The van der Waals surface area contributed by atoms with E-state index in [1.54, 1.807) is 32.2 Å². The summed E-state index contributed by atoms with van der Waals surface area (Å²) in [5.41, 5.74) is -0.873. The number of hydrogen-bond acceptors (Lipinski definition) is 8. The Balaban J connectivity index is 1.59. The maximum Gasteiger partial charge on any atom is 0.320 e. The fourth-order valence-corrected chi connectivity index (χ4v) is 7.44. The van der Waals surface area contributed by atoms with E-state index < -0.39 is 41.1 Å². The second-order valence-corrected chi connectivity index (χ2v) is 13.6. The normalized spacial score (nSPS) is 34.3. The highest BCUT2D eigenvalue weighted by atomic mass is 79.9. The smallest absolute Gasteiger partial charge is 0.320 e. The average molecular weight is 636 g/mol. The molecule has 226 valence electrons. The molecule has 0 aromatic heterocycles. The number of benzene rings is 1. The minimum absolute atomic E-state index is 0.0247. The number of phenolic OH excluding ortho intramolecular Hbond substituents is 1. The second-order valence-electron chi connectivity index (χ2n) is 12.8. The summed E-state index contributed by atoms with van der Waals surface area (Å²) in [5.74, 6) is -2.50. The highest BCUT2D eigenvalue weighted by molar-refractivity contribution is 9.10. The molecule has 9 atom stereocenters. The SMILES string of the molecule is CO[C@@H](CC[C@H](C)[C@H]1O[C@@]2(C=C[C@@H]1C)[C@H](C(=O)O[C@@H]1CC(=O)O[C@@H]1C)C(=O)[C@H](C)CC2(C)C)c1cc(O)ccc1Br. The van der Waals surface area contributed by atoms with E-state index in [-0.39, 0.29) is 47.9 Å². The van der Waals surface area contributed by atoms with E-state index in [9.17, 15) is 19.5 Å². The molecule has 3 aliphatic rings. The Labute approximate surface area is 251 Å². The lowest BCUT2D eigenvalue weighted by atomic mass is 9.55. The predicted octanol–water partition coefficient (Wildman–Crippen LogP) is 6.09. The van der Waals surface area contributed by atoms with Gasteiger partial charge in [0.25, 0.3) is 0 Å². The Morgan fingerprint density at radius 1 is 1.20 bits per heavy atom. The van der Waals surface area contributed by atoms with Gasteiger partial charge >= 0.3 is 11.9 Å². The topological polar surface area (TPSA) is 108 Å². The zero-order valence-corrected chi connectivity index (χ0v) is 26.6. The van der Waals surface area contributed by atoms with E-state index in [0.29, 0.717) is 12.8 Å². The summed E-state index contributed by atoms with van der Waals surface area (Å²) in [4.78, 5) is 39.3. The van der Waals surface area contributed by atoms with Gasteiger partial charge in [-0.2, -0.15) is 0 Å². The molecule has 8 nitrogen and oxygen atoms in total. The van der Waals surface area contributed by atoms with Crippen LogP contribution in [-0.4, -0.2) is 53.9 Å². The monoisotopic (exact) mass is 634 g/mol. The number of ether oxygens (including phenoxy) is 4. The minimum Gasteiger partial charge on any atom is -0.508 e. The van der Waals surface area contributed by atoms with Gasteiger partial charge in [0.15, 0.2) is 5.78 Å². The molecule has 1 aromatic rings. The van der Waals surface area contributed by atoms with E-state index in [2.05, 4.69) is 35.9 Å². The largest absolute Gasteiger partial charge is 0.508 e. The number of cyclic esters (lactones) is 1. The molecule has 9 heteroatoms. The molecule has 1 saturated heterocycles. The van der Waals surface area contributed by atoms with Gasteiger partial charge in [0, 0.05) is 23.4 Å². The molecule has 1 spiro atoms. The quantitative estimate of drug-likeness (QED) is 0.208. The van der Waals surface area contributed by atoms with Gasteiger partial charge in [-0.25, -0.2) is 0 Å². The number of aromatic hydroxyl groups is 1. The van der Waals surface area contributed by atoms with Crippen LogP contribution in [0, 0.1) is 29.1 Å². The summed E-state index contributed by atoms with van der Waals surface area (Å²) >= 11 is 3.57. The molecular weight excluding hydrogens is 592 g/mol. The fraction of sp³-hybridized carbons (Fsp3) is 0.656. The molecule has 1 N–H and O–H groups in total. The van der Waals surface area contributed by atoms with Crippen molar-refractivity contribution in [3.8, 4) is 5.75 Å². The fourth-order valence-electron chi connectivity index (χ4n) is 6.94. The summed E-state index contributed by atoms with van der Waals surface area (Å²) in [6.45, 7) is 11.8. The molecule has 4 rings (SSSR count). The summed E-state index contributed by atoms with van der Waals surface area (Å²) < 4.78 is 24.6. The van der Waals surface area contributed by atoms with Gasteiger partial charge in [-0.05, 0) is 61.3 Å². The third kappa shape index (κ3) is 6.13. The van der Waals surface area contributed by atoms with Crippen LogP contribution < -0.4 is 0 Å². The van der Waals surface area contributed by atoms with Crippen molar-refractivity contribution < 1.29 is 38.4 Å². The number of ketones is 1. The molecule has 1 aromatic carbocycles. The number of esters is 2. The lowest BCUT2D eigenvalue weighted by molar-refractivity contribution is -0.218. The molecule has 2 aliphatic heterocycles. The second kappa shape index (κ2) is 12.2. The highest BCUT2D eigenvalue weighted by Crippen LogP contribution is 2.54. The molecule has 1 saturated carbocycles. The summed E-state index contributed by atoms with van der Waals surface area (Å²) in [6.07, 6.45) is 4.15. The standard InChI is InChI=1S/C32H43BrO8/c1-17(8-11-24(38-7)22-14-21(34)9-10-23(22)33)29-18(2)12-13-32(41-29)27(28(36)19(3)16-31(32,5)6)30(37)40-25-15-26(35)39-20(25)4/h9-10,12-14,17-20,24-25,27,29,34H,8,11,15-16H2,1-7H3/t17-,18-,19+,20+,24-,25+,27-,29+,32-/m0/s1. The van der Waals surface area contributed by atoms with Crippen molar-refractivity contribution in [1.82, 2.24) is 0 Å². The Morgan fingerprint density at radius 3 is 2.54 bits per heavy atom. The maximum absolute atomic E-state index is 13.8. The number of hydrogen-bond donors (Lipinski definition) is 1. The molecular formula is C32H43BrO8. The minimum atomic E-state index is -1.19. The first-order valence-electron chi connectivity index (χ1n) is 14.5. The van der Waals surface area contributed by atoms with E-state index >= 15 is 0 Å². The molecule has 0 radical (unpaired) electrons. The van der Waals surface area contributed by atoms with Gasteiger partial charge in [0.2, 0.25) is 0 Å². The van der Waals surface area contributed by atoms with Crippen LogP contribution in [0.1, 0.15) is 78.9 Å². The lowest BCUT2D eigenvalue weighted by Gasteiger charge is -2.56. The summed E-state index contributed by atoms with van der Waals surface area (Å²) in [7, 11) is 1.65. The molecule has 2 fully saturated rings. The van der Waals surface area contributed by atoms with Crippen molar-refractivity contribution in [3.63, 3.8) is 0 Å². The Hall–Kier alpha value is -2.23. The van der Waals surface area contributed by atoms with Crippen LogP contribution in [0.5, 0.6) is 5.75 Å². The molecule has 41 heavy (non-hydrogen) atoms. The van der Waals surface area contributed by atoms with E-state index in [1.807, 2.05) is 26.8 Å².